The largest absolute Gasteiger partial charge is 0.469 e. The summed E-state index contributed by atoms with van der Waals surface area (Å²) in [5, 5.41) is 6.34. The molecule has 1 unspecified atom stereocenters. The zero-order chi connectivity index (χ0) is 13.1. The highest BCUT2D eigenvalue weighted by Gasteiger charge is 2.12. The first-order valence-electron chi connectivity index (χ1n) is 5.98. The molecule has 2 aromatic rings. The predicted molar refractivity (Wildman–Crippen MR) is 75.1 cm³/mol. The van der Waals surface area contributed by atoms with Crippen molar-refractivity contribution in [2.45, 2.75) is 26.4 Å². The van der Waals surface area contributed by atoms with Crippen LogP contribution in [-0.4, -0.2) is 19.1 Å². The van der Waals surface area contributed by atoms with Crippen LogP contribution < -0.4 is 10.2 Å². The Morgan fingerprint density at radius 1 is 1.56 bits per heavy atom. The van der Waals surface area contributed by atoms with E-state index < -0.39 is 0 Å². The van der Waals surface area contributed by atoms with E-state index in [9.17, 15) is 0 Å². The van der Waals surface area contributed by atoms with E-state index in [1.54, 1.807) is 17.6 Å². The number of aromatic nitrogens is 1. The molecule has 0 saturated carbocycles. The van der Waals surface area contributed by atoms with Gasteiger partial charge in [0.15, 0.2) is 5.13 Å². The summed E-state index contributed by atoms with van der Waals surface area (Å²) in [5.74, 6) is 0.974. The van der Waals surface area contributed by atoms with E-state index in [1.807, 2.05) is 20.0 Å². The Kier molecular flexibility index (Phi) is 4.04. The second-order valence-corrected chi connectivity index (χ2v) is 5.26. The number of nitrogens with zero attached hydrogens (tertiary/aromatic N) is 2. The Morgan fingerprint density at radius 3 is 2.94 bits per heavy atom. The van der Waals surface area contributed by atoms with Crippen molar-refractivity contribution in [3.05, 3.63) is 34.7 Å². The van der Waals surface area contributed by atoms with Gasteiger partial charge in [0.2, 0.25) is 0 Å². The lowest BCUT2D eigenvalue weighted by Crippen LogP contribution is -2.17. The fourth-order valence-corrected chi connectivity index (χ4v) is 2.58. The molecule has 0 spiro atoms. The molecule has 0 aliphatic rings. The van der Waals surface area contributed by atoms with Crippen LogP contribution in [0.4, 0.5) is 5.13 Å². The van der Waals surface area contributed by atoms with Crippen molar-refractivity contribution >= 4 is 16.5 Å². The SMILES string of the molecule is CNC(C)c1csc(N(C)Cc2ccoc2C)n1. The molecule has 0 bridgehead atoms. The Morgan fingerprint density at radius 2 is 2.33 bits per heavy atom. The molecule has 0 aliphatic heterocycles. The Labute approximate surface area is 112 Å². The molecular formula is C13H19N3OS. The molecule has 0 aromatic carbocycles. The van der Waals surface area contributed by atoms with Crippen LogP contribution in [0.25, 0.3) is 0 Å². The smallest absolute Gasteiger partial charge is 0.185 e. The van der Waals surface area contributed by atoms with Crippen molar-refractivity contribution in [1.29, 1.82) is 0 Å². The zero-order valence-electron chi connectivity index (χ0n) is 11.2. The Balaban J connectivity index is 2.07. The van der Waals surface area contributed by atoms with E-state index in [0.29, 0.717) is 6.04 Å². The highest BCUT2D eigenvalue weighted by molar-refractivity contribution is 7.13. The maximum absolute atomic E-state index is 5.31. The summed E-state index contributed by atoms with van der Waals surface area (Å²) < 4.78 is 5.31. The Bertz CT molecular complexity index is 506. The second kappa shape index (κ2) is 5.54. The van der Waals surface area contributed by atoms with E-state index >= 15 is 0 Å². The number of hydrogen-bond acceptors (Lipinski definition) is 5. The molecule has 2 aromatic heterocycles. The van der Waals surface area contributed by atoms with Crippen molar-refractivity contribution in [2.75, 3.05) is 19.0 Å². The molecule has 1 N–H and O–H groups in total. The molecule has 4 nitrogen and oxygen atoms in total. The van der Waals surface area contributed by atoms with Gasteiger partial charge in [-0.3, -0.25) is 0 Å². The average Bonchev–Trinajstić information content (AvgIpc) is 2.98. The summed E-state index contributed by atoms with van der Waals surface area (Å²) in [4.78, 5) is 6.79. The van der Waals surface area contributed by atoms with E-state index in [0.717, 1.165) is 23.1 Å². The van der Waals surface area contributed by atoms with E-state index in [2.05, 4.69) is 34.6 Å². The van der Waals surface area contributed by atoms with Crippen LogP contribution in [0.5, 0.6) is 0 Å². The van der Waals surface area contributed by atoms with E-state index in [4.69, 9.17) is 4.42 Å². The predicted octanol–water partition coefficient (Wildman–Crippen LogP) is 2.96. The second-order valence-electron chi connectivity index (χ2n) is 4.42. The lowest BCUT2D eigenvalue weighted by Gasteiger charge is -2.15. The number of hydrogen-bond donors (Lipinski definition) is 1. The molecule has 2 heterocycles. The number of nitrogens with one attached hydrogen (secondary N) is 1. The zero-order valence-corrected chi connectivity index (χ0v) is 12.0. The van der Waals surface area contributed by atoms with Crippen molar-refractivity contribution in [2.24, 2.45) is 0 Å². The van der Waals surface area contributed by atoms with Gasteiger partial charge in [0.1, 0.15) is 5.76 Å². The van der Waals surface area contributed by atoms with Gasteiger partial charge < -0.3 is 14.6 Å². The van der Waals surface area contributed by atoms with Gasteiger partial charge >= 0.3 is 0 Å². The number of anilines is 1. The summed E-state index contributed by atoms with van der Waals surface area (Å²) >= 11 is 1.67. The van der Waals surface area contributed by atoms with Crippen molar-refractivity contribution < 1.29 is 4.42 Å². The van der Waals surface area contributed by atoms with Gasteiger partial charge in [-0.2, -0.15) is 0 Å². The molecule has 98 valence electrons. The van der Waals surface area contributed by atoms with Crippen LogP contribution in [0.1, 0.15) is 30.0 Å². The van der Waals surface area contributed by atoms with Crippen LogP contribution in [0.2, 0.25) is 0 Å². The molecule has 2 rings (SSSR count). The number of aryl methyl sites for hydroxylation is 1. The van der Waals surface area contributed by atoms with Crippen LogP contribution >= 0.6 is 11.3 Å². The summed E-state index contributed by atoms with van der Waals surface area (Å²) in [7, 11) is 4.00. The Hall–Kier alpha value is -1.33. The maximum atomic E-state index is 5.31. The van der Waals surface area contributed by atoms with Crippen molar-refractivity contribution in [1.82, 2.24) is 10.3 Å². The molecule has 1 atom stereocenters. The van der Waals surface area contributed by atoms with Crippen LogP contribution in [0, 0.1) is 6.92 Å². The van der Waals surface area contributed by atoms with Crippen molar-refractivity contribution in [3.63, 3.8) is 0 Å². The van der Waals surface area contributed by atoms with Crippen LogP contribution in [-0.2, 0) is 6.54 Å². The first-order chi connectivity index (χ1) is 8.61. The van der Waals surface area contributed by atoms with Gasteiger partial charge in [-0.1, -0.05) is 0 Å². The maximum Gasteiger partial charge on any atom is 0.185 e. The summed E-state index contributed by atoms with van der Waals surface area (Å²) in [5.41, 5.74) is 2.30. The minimum atomic E-state index is 0.291. The number of rotatable bonds is 5. The molecule has 0 fully saturated rings. The molecule has 0 aliphatic carbocycles. The molecule has 18 heavy (non-hydrogen) atoms. The van der Waals surface area contributed by atoms with Gasteiger partial charge in [0.05, 0.1) is 12.0 Å². The average molecular weight is 265 g/mol. The lowest BCUT2D eigenvalue weighted by atomic mass is 10.2. The first kappa shape index (κ1) is 13.1. The third-order valence-electron chi connectivity index (χ3n) is 3.09. The molecule has 5 heteroatoms. The van der Waals surface area contributed by atoms with Crippen molar-refractivity contribution in [3.8, 4) is 0 Å². The lowest BCUT2D eigenvalue weighted by molar-refractivity contribution is 0.529. The highest BCUT2D eigenvalue weighted by Crippen LogP contribution is 2.24. The van der Waals surface area contributed by atoms with E-state index in [1.165, 1.54) is 5.56 Å². The van der Waals surface area contributed by atoms with Gasteiger partial charge in [-0.15, -0.1) is 11.3 Å². The minimum Gasteiger partial charge on any atom is -0.469 e. The van der Waals surface area contributed by atoms with E-state index in [-0.39, 0.29) is 0 Å². The van der Waals surface area contributed by atoms with Crippen LogP contribution in [0.3, 0.4) is 0 Å². The number of furan rings is 1. The number of thiazole rings is 1. The van der Waals surface area contributed by atoms with Gasteiger partial charge in [-0.25, -0.2) is 4.98 Å². The fourth-order valence-electron chi connectivity index (χ4n) is 1.70. The summed E-state index contributed by atoms with van der Waals surface area (Å²) in [6.45, 7) is 4.92. The van der Waals surface area contributed by atoms with Gasteiger partial charge in [0.25, 0.3) is 0 Å². The third-order valence-corrected chi connectivity index (χ3v) is 4.06. The third kappa shape index (κ3) is 2.73. The van der Waals surface area contributed by atoms with Gasteiger partial charge in [0, 0.05) is 30.6 Å². The normalized spacial score (nSPS) is 12.7. The topological polar surface area (TPSA) is 41.3 Å². The summed E-state index contributed by atoms with van der Waals surface area (Å²) in [6, 6.07) is 2.30. The standard InChI is InChI=1S/C13H19N3OS/c1-9(14-3)12-8-18-13(15-12)16(4)7-11-5-6-17-10(11)2/h5-6,8-9,14H,7H2,1-4H3. The monoisotopic (exact) mass is 265 g/mol. The molecular weight excluding hydrogens is 246 g/mol. The first-order valence-corrected chi connectivity index (χ1v) is 6.86. The molecule has 0 radical (unpaired) electrons. The molecule has 0 amide bonds. The quantitative estimate of drug-likeness (QED) is 0.902. The summed E-state index contributed by atoms with van der Waals surface area (Å²) in [6.07, 6.45) is 1.73. The molecule has 0 saturated heterocycles. The van der Waals surface area contributed by atoms with Crippen LogP contribution in [0.15, 0.2) is 22.1 Å². The fraction of sp³-hybridized carbons (Fsp3) is 0.462. The van der Waals surface area contributed by atoms with Gasteiger partial charge in [-0.05, 0) is 27.0 Å². The highest BCUT2D eigenvalue weighted by atomic mass is 32.1. The minimum absolute atomic E-state index is 0.291.